The molecule has 0 unspecified atom stereocenters. The number of halogens is 3. The summed E-state index contributed by atoms with van der Waals surface area (Å²) in [5.74, 6) is -3.67. The van der Waals surface area contributed by atoms with Gasteiger partial charge in [0.1, 0.15) is 0 Å². The lowest BCUT2D eigenvalue weighted by molar-refractivity contribution is -0.192. The van der Waals surface area contributed by atoms with Crippen LogP contribution < -0.4 is 5.32 Å². The molecular weight excluding hydrogens is 377 g/mol. The minimum atomic E-state index is -5.08. The summed E-state index contributed by atoms with van der Waals surface area (Å²) in [6.45, 7) is 0. The molecule has 1 aliphatic rings. The summed E-state index contributed by atoms with van der Waals surface area (Å²) in [6, 6.07) is 0.138. The lowest BCUT2D eigenvalue weighted by Crippen LogP contribution is -2.38. The van der Waals surface area contributed by atoms with Crippen molar-refractivity contribution in [3.63, 3.8) is 0 Å². The van der Waals surface area contributed by atoms with Crippen LogP contribution in [-0.4, -0.2) is 45.3 Å². The molecule has 0 aromatic carbocycles. The highest BCUT2D eigenvalue weighted by Crippen LogP contribution is 2.24. The Bertz CT molecular complexity index is 599. The first-order chi connectivity index (χ1) is 12.1. The number of carbonyl (C=O) groups excluding carboxylic acids is 1. The van der Waals surface area contributed by atoms with E-state index < -0.39 is 18.1 Å². The topological polar surface area (TPSA) is 117 Å². The molecule has 2 rings (SSSR count). The number of hydrogen-bond acceptors (Lipinski definition) is 5. The van der Waals surface area contributed by atoms with Crippen molar-refractivity contribution in [1.82, 2.24) is 10.3 Å². The minimum Gasteiger partial charge on any atom is -0.481 e. The van der Waals surface area contributed by atoms with Crippen molar-refractivity contribution in [2.75, 3.05) is 0 Å². The average Bonchev–Trinajstić information content (AvgIpc) is 3.06. The molecule has 1 amide bonds. The number of nitrogens with one attached hydrogen (secondary N) is 1. The zero-order valence-electron chi connectivity index (χ0n) is 13.7. The molecule has 1 fully saturated rings. The molecule has 0 atom stereocenters. The van der Waals surface area contributed by atoms with Crippen molar-refractivity contribution >= 4 is 29.2 Å². The zero-order valence-corrected chi connectivity index (χ0v) is 14.5. The van der Waals surface area contributed by atoms with Gasteiger partial charge < -0.3 is 15.5 Å². The second-order valence-corrected chi connectivity index (χ2v) is 6.66. The van der Waals surface area contributed by atoms with E-state index in [-0.39, 0.29) is 17.9 Å². The van der Waals surface area contributed by atoms with Crippen LogP contribution in [0.4, 0.5) is 13.2 Å². The van der Waals surface area contributed by atoms with E-state index in [0.29, 0.717) is 25.7 Å². The summed E-state index contributed by atoms with van der Waals surface area (Å²) >= 11 is 1.56. The van der Waals surface area contributed by atoms with E-state index in [1.165, 1.54) is 0 Å². The SMILES string of the molecule is O=C(CCc1nccs1)NC1CCC(C(=O)O)CC1.O=C(O)C(F)(F)F. The Morgan fingerprint density at radius 3 is 2.19 bits per heavy atom. The van der Waals surface area contributed by atoms with E-state index >= 15 is 0 Å². The number of carbonyl (C=O) groups is 3. The third kappa shape index (κ3) is 8.28. The van der Waals surface area contributed by atoms with Gasteiger partial charge in [0.05, 0.1) is 10.9 Å². The fourth-order valence-corrected chi connectivity index (χ4v) is 3.00. The number of nitrogens with zero attached hydrogens (tertiary/aromatic N) is 1. The van der Waals surface area contributed by atoms with Crippen LogP contribution in [0.15, 0.2) is 11.6 Å². The minimum absolute atomic E-state index is 0.0361. The molecule has 1 aromatic heterocycles. The summed E-state index contributed by atoms with van der Waals surface area (Å²) in [4.78, 5) is 35.6. The number of aliphatic carboxylic acids is 2. The van der Waals surface area contributed by atoms with Crippen molar-refractivity contribution in [2.24, 2.45) is 5.92 Å². The van der Waals surface area contributed by atoms with Crippen molar-refractivity contribution in [2.45, 2.75) is 50.7 Å². The molecule has 11 heteroatoms. The molecule has 1 heterocycles. The molecule has 0 saturated heterocycles. The Morgan fingerprint density at radius 2 is 1.77 bits per heavy atom. The standard InChI is InChI=1S/C13H18N2O3S.C2HF3O2/c16-11(5-6-12-14-7-8-19-12)15-10-3-1-9(2-4-10)13(17)18;3-2(4,5)1(6)7/h7-10H,1-6H2,(H,15,16)(H,17,18);(H,6,7). The second-order valence-electron chi connectivity index (χ2n) is 5.68. The Balaban J connectivity index is 0.000000412. The third-order valence-corrected chi connectivity index (χ3v) is 4.57. The number of carboxylic acid groups (broad SMARTS) is 2. The molecule has 146 valence electrons. The monoisotopic (exact) mass is 396 g/mol. The Hall–Kier alpha value is -2.17. The third-order valence-electron chi connectivity index (χ3n) is 3.73. The number of aryl methyl sites for hydroxylation is 1. The van der Waals surface area contributed by atoms with Gasteiger partial charge in [-0.15, -0.1) is 11.3 Å². The number of alkyl halides is 3. The normalized spacial score (nSPS) is 19.8. The smallest absolute Gasteiger partial charge is 0.481 e. The van der Waals surface area contributed by atoms with Crippen LogP contribution in [-0.2, 0) is 20.8 Å². The lowest BCUT2D eigenvalue weighted by Gasteiger charge is -2.26. The van der Waals surface area contributed by atoms with E-state index in [1.54, 1.807) is 17.5 Å². The van der Waals surface area contributed by atoms with E-state index in [9.17, 15) is 22.8 Å². The highest BCUT2D eigenvalue weighted by atomic mass is 32.1. The predicted molar refractivity (Wildman–Crippen MR) is 85.7 cm³/mol. The first-order valence-corrected chi connectivity index (χ1v) is 8.68. The first-order valence-electron chi connectivity index (χ1n) is 7.80. The number of carboxylic acids is 2. The molecule has 26 heavy (non-hydrogen) atoms. The molecule has 0 bridgehead atoms. The van der Waals surface area contributed by atoms with Gasteiger partial charge in [0, 0.05) is 30.5 Å². The van der Waals surface area contributed by atoms with E-state index in [4.69, 9.17) is 15.0 Å². The van der Waals surface area contributed by atoms with Crippen LogP contribution >= 0.6 is 11.3 Å². The number of rotatable bonds is 5. The van der Waals surface area contributed by atoms with Gasteiger partial charge in [-0.3, -0.25) is 9.59 Å². The van der Waals surface area contributed by atoms with E-state index in [1.807, 2.05) is 5.38 Å². The Morgan fingerprint density at radius 1 is 1.19 bits per heavy atom. The largest absolute Gasteiger partial charge is 0.490 e. The molecule has 1 aromatic rings. The van der Waals surface area contributed by atoms with Gasteiger partial charge in [-0.1, -0.05) is 0 Å². The Labute approximate surface area is 151 Å². The van der Waals surface area contributed by atoms with Crippen LogP contribution in [0.5, 0.6) is 0 Å². The van der Waals surface area contributed by atoms with Crippen molar-refractivity contribution in [3.8, 4) is 0 Å². The molecule has 1 aliphatic carbocycles. The number of aromatic nitrogens is 1. The van der Waals surface area contributed by atoms with Gasteiger partial charge in [-0.25, -0.2) is 9.78 Å². The van der Waals surface area contributed by atoms with Gasteiger partial charge in [0.25, 0.3) is 0 Å². The summed E-state index contributed by atoms with van der Waals surface area (Å²) < 4.78 is 31.7. The van der Waals surface area contributed by atoms with Crippen LogP contribution in [0, 0.1) is 5.92 Å². The van der Waals surface area contributed by atoms with Gasteiger partial charge >= 0.3 is 18.1 Å². The second kappa shape index (κ2) is 10.1. The van der Waals surface area contributed by atoms with E-state index in [0.717, 1.165) is 17.8 Å². The maximum atomic E-state index is 11.8. The number of thiazole rings is 1. The predicted octanol–water partition coefficient (Wildman–Crippen LogP) is 2.47. The van der Waals surface area contributed by atoms with Gasteiger partial charge in [-0.2, -0.15) is 13.2 Å². The molecule has 1 saturated carbocycles. The summed E-state index contributed by atoms with van der Waals surface area (Å²) in [7, 11) is 0. The molecule has 7 nitrogen and oxygen atoms in total. The zero-order chi connectivity index (χ0) is 19.7. The quantitative estimate of drug-likeness (QED) is 0.704. The summed E-state index contributed by atoms with van der Waals surface area (Å²) in [5, 5.41) is 21.9. The fraction of sp³-hybridized carbons (Fsp3) is 0.600. The first kappa shape index (κ1) is 21.9. The van der Waals surface area contributed by atoms with Crippen molar-refractivity contribution < 1.29 is 37.8 Å². The van der Waals surface area contributed by atoms with Gasteiger partial charge in [-0.05, 0) is 25.7 Å². The molecule has 0 aliphatic heterocycles. The molecule has 0 spiro atoms. The molecule has 0 radical (unpaired) electrons. The van der Waals surface area contributed by atoms with Crippen LogP contribution in [0.1, 0.15) is 37.1 Å². The van der Waals surface area contributed by atoms with Crippen LogP contribution in [0.2, 0.25) is 0 Å². The fourth-order valence-electron chi connectivity index (χ4n) is 2.38. The van der Waals surface area contributed by atoms with Crippen molar-refractivity contribution in [1.29, 1.82) is 0 Å². The van der Waals surface area contributed by atoms with Crippen LogP contribution in [0.3, 0.4) is 0 Å². The highest BCUT2D eigenvalue weighted by Gasteiger charge is 2.38. The maximum Gasteiger partial charge on any atom is 0.490 e. The molecule has 3 N–H and O–H groups in total. The number of amides is 1. The molecular formula is C15H19F3N2O5S. The van der Waals surface area contributed by atoms with Crippen molar-refractivity contribution in [3.05, 3.63) is 16.6 Å². The summed E-state index contributed by atoms with van der Waals surface area (Å²) in [6.07, 6.45) is 0.630. The van der Waals surface area contributed by atoms with Crippen LogP contribution in [0.25, 0.3) is 0 Å². The maximum absolute atomic E-state index is 11.8. The van der Waals surface area contributed by atoms with E-state index in [2.05, 4.69) is 10.3 Å². The average molecular weight is 396 g/mol. The number of hydrogen-bond donors (Lipinski definition) is 3. The van der Waals surface area contributed by atoms with Gasteiger partial charge in [0.2, 0.25) is 5.91 Å². The van der Waals surface area contributed by atoms with Gasteiger partial charge in [0.15, 0.2) is 0 Å². The highest BCUT2D eigenvalue weighted by molar-refractivity contribution is 7.09. The summed E-state index contributed by atoms with van der Waals surface area (Å²) in [5.41, 5.74) is 0. The Kier molecular flexibility index (Phi) is 8.49. The lowest BCUT2D eigenvalue weighted by atomic mass is 9.86.